The number of anilines is 2. The van der Waals surface area contributed by atoms with Crippen molar-refractivity contribution in [3.8, 4) is 6.07 Å². The smallest absolute Gasteiger partial charge is 0.148 e. The number of para-hydroxylation sites is 1. The highest BCUT2D eigenvalue weighted by Gasteiger charge is 2.07. The van der Waals surface area contributed by atoms with Crippen molar-refractivity contribution in [3.63, 3.8) is 0 Å². The third-order valence-corrected chi connectivity index (χ3v) is 2.42. The maximum Gasteiger partial charge on any atom is 0.148 e. The third-order valence-electron chi connectivity index (χ3n) is 2.11. The van der Waals surface area contributed by atoms with Gasteiger partial charge in [-0.2, -0.15) is 5.26 Å². The number of aromatic nitrogens is 1. The molecule has 0 radical (unpaired) electrons. The average molecular weight is 248 g/mol. The van der Waals surface area contributed by atoms with Crippen LogP contribution in [0.2, 0.25) is 5.02 Å². The van der Waals surface area contributed by atoms with E-state index in [1.54, 1.807) is 12.1 Å². The normalized spacial score (nSPS) is 9.71. The second-order valence-electron chi connectivity index (χ2n) is 3.26. The zero-order valence-electron chi connectivity index (χ0n) is 8.61. The van der Waals surface area contributed by atoms with Gasteiger partial charge < -0.3 is 5.32 Å². The fourth-order valence-electron chi connectivity index (χ4n) is 1.33. The lowest BCUT2D eigenvalue weighted by atomic mass is 10.2. The Balaban J connectivity index is 2.35. The molecule has 1 heterocycles. The average Bonchev–Trinajstić information content (AvgIpc) is 2.34. The lowest BCUT2D eigenvalue weighted by molar-refractivity contribution is 0.632. The Hall–Kier alpha value is -2.12. The number of nitrogens with zero attached hydrogens (tertiary/aromatic N) is 2. The molecule has 1 aromatic heterocycles. The van der Waals surface area contributed by atoms with Gasteiger partial charge in [0.05, 0.1) is 10.7 Å². The molecule has 0 saturated carbocycles. The van der Waals surface area contributed by atoms with Crippen molar-refractivity contribution < 1.29 is 4.39 Å². The minimum atomic E-state index is -0.451. The van der Waals surface area contributed by atoms with E-state index in [0.717, 1.165) is 0 Å². The lowest BCUT2D eigenvalue weighted by Crippen LogP contribution is -1.95. The van der Waals surface area contributed by atoms with E-state index in [9.17, 15) is 4.39 Å². The van der Waals surface area contributed by atoms with Crippen LogP contribution < -0.4 is 5.32 Å². The molecule has 1 N–H and O–H groups in total. The number of halogens is 2. The number of hydrogen-bond donors (Lipinski definition) is 1. The predicted molar refractivity (Wildman–Crippen MR) is 63.6 cm³/mol. The summed E-state index contributed by atoms with van der Waals surface area (Å²) in [6.07, 6.45) is 1.47. The van der Waals surface area contributed by atoms with Crippen molar-refractivity contribution >= 4 is 23.0 Å². The molecule has 0 atom stereocenters. The quantitative estimate of drug-likeness (QED) is 0.884. The molecule has 17 heavy (non-hydrogen) atoms. The van der Waals surface area contributed by atoms with Crippen molar-refractivity contribution in [2.75, 3.05) is 5.32 Å². The van der Waals surface area contributed by atoms with Gasteiger partial charge in [0.25, 0.3) is 0 Å². The topological polar surface area (TPSA) is 48.7 Å². The Labute approximate surface area is 102 Å². The molecule has 0 aliphatic carbocycles. The molecule has 84 valence electrons. The highest BCUT2D eigenvalue weighted by atomic mass is 35.5. The summed E-state index contributed by atoms with van der Waals surface area (Å²) in [5.74, 6) is -0.451. The van der Waals surface area contributed by atoms with Crippen LogP contribution in [0.5, 0.6) is 0 Å². The minimum Gasteiger partial charge on any atom is -0.352 e. The highest BCUT2D eigenvalue weighted by molar-refractivity contribution is 6.33. The second-order valence-corrected chi connectivity index (χ2v) is 3.67. The first-order chi connectivity index (χ1) is 8.20. The first-order valence-electron chi connectivity index (χ1n) is 4.78. The van der Waals surface area contributed by atoms with E-state index >= 15 is 0 Å². The van der Waals surface area contributed by atoms with Gasteiger partial charge in [-0.3, -0.25) is 0 Å². The minimum absolute atomic E-state index is 0.184. The van der Waals surface area contributed by atoms with Crippen molar-refractivity contribution in [3.05, 3.63) is 53.1 Å². The van der Waals surface area contributed by atoms with E-state index in [2.05, 4.69) is 10.3 Å². The maximum absolute atomic E-state index is 13.5. The van der Waals surface area contributed by atoms with Crippen LogP contribution in [0.25, 0.3) is 0 Å². The zero-order valence-corrected chi connectivity index (χ0v) is 9.37. The number of pyridine rings is 1. The van der Waals surface area contributed by atoms with Crippen molar-refractivity contribution in [1.29, 1.82) is 5.26 Å². The lowest BCUT2D eigenvalue weighted by Gasteiger charge is -2.09. The van der Waals surface area contributed by atoms with Gasteiger partial charge in [0.2, 0.25) is 0 Å². The fourth-order valence-corrected chi connectivity index (χ4v) is 1.54. The number of benzene rings is 1. The molecule has 0 amide bonds. The molecule has 0 unspecified atom stereocenters. The molecule has 1 aromatic carbocycles. The van der Waals surface area contributed by atoms with Gasteiger partial charge in [-0.25, -0.2) is 9.37 Å². The van der Waals surface area contributed by atoms with E-state index in [0.29, 0.717) is 5.69 Å². The summed E-state index contributed by atoms with van der Waals surface area (Å²) in [6, 6.07) is 9.46. The standard InChI is InChI=1S/C12H7ClFN3/c13-10-2-1-3-11(14)12(10)17-8-4-5-16-9(6-8)7-15/h1-6H,(H,16,17). The van der Waals surface area contributed by atoms with Crippen LogP contribution in [0.4, 0.5) is 15.8 Å². The van der Waals surface area contributed by atoms with E-state index in [-0.39, 0.29) is 16.4 Å². The maximum atomic E-state index is 13.5. The van der Waals surface area contributed by atoms with Crippen molar-refractivity contribution in [2.24, 2.45) is 0 Å². The van der Waals surface area contributed by atoms with E-state index < -0.39 is 5.82 Å². The summed E-state index contributed by atoms with van der Waals surface area (Å²) in [6.45, 7) is 0. The zero-order chi connectivity index (χ0) is 12.3. The Kier molecular flexibility index (Phi) is 3.22. The summed E-state index contributed by atoms with van der Waals surface area (Å²) in [5, 5.41) is 11.8. The molecule has 0 aliphatic rings. The number of nitriles is 1. The number of hydrogen-bond acceptors (Lipinski definition) is 3. The molecule has 3 nitrogen and oxygen atoms in total. The second kappa shape index (κ2) is 4.81. The van der Waals surface area contributed by atoms with Gasteiger partial charge in [0.1, 0.15) is 17.6 Å². The molecule has 2 rings (SSSR count). The molecule has 0 spiro atoms. The van der Waals surface area contributed by atoms with Crippen LogP contribution in [0, 0.1) is 17.1 Å². The Bertz CT molecular complexity index is 572. The van der Waals surface area contributed by atoms with Gasteiger partial charge in [-0.05, 0) is 24.3 Å². The highest BCUT2D eigenvalue weighted by Crippen LogP contribution is 2.27. The molecule has 0 fully saturated rings. The molecular weight excluding hydrogens is 241 g/mol. The van der Waals surface area contributed by atoms with E-state index in [1.807, 2.05) is 6.07 Å². The van der Waals surface area contributed by atoms with Gasteiger partial charge in [-0.15, -0.1) is 0 Å². The van der Waals surface area contributed by atoms with Gasteiger partial charge in [-0.1, -0.05) is 17.7 Å². The fraction of sp³-hybridized carbons (Fsp3) is 0. The van der Waals surface area contributed by atoms with Crippen molar-refractivity contribution in [1.82, 2.24) is 4.98 Å². The molecule has 0 aliphatic heterocycles. The van der Waals surface area contributed by atoms with E-state index in [4.69, 9.17) is 16.9 Å². The summed E-state index contributed by atoms with van der Waals surface area (Å²) >= 11 is 5.87. The predicted octanol–water partition coefficient (Wildman–Crippen LogP) is 3.49. The van der Waals surface area contributed by atoms with E-state index in [1.165, 1.54) is 24.4 Å². The molecule has 0 bridgehead atoms. The third kappa shape index (κ3) is 2.52. The Morgan fingerprint density at radius 1 is 1.35 bits per heavy atom. The van der Waals surface area contributed by atoms with Gasteiger partial charge >= 0.3 is 0 Å². The van der Waals surface area contributed by atoms with Crippen LogP contribution in [-0.4, -0.2) is 4.98 Å². The summed E-state index contributed by atoms with van der Waals surface area (Å²) in [4.78, 5) is 3.82. The first-order valence-corrected chi connectivity index (χ1v) is 5.15. The summed E-state index contributed by atoms with van der Waals surface area (Å²) in [7, 11) is 0. The van der Waals surface area contributed by atoms with Crippen LogP contribution in [0.15, 0.2) is 36.5 Å². The Morgan fingerprint density at radius 2 is 2.18 bits per heavy atom. The molecular formula is C12H7ClFN3. The van der Waals surface area contributed by atoms with Crippen LogP contribution in [-0.2, 0) is 0 Å². The van der Waals surface area contributed by atoms with Gasteiger partial charge in [0.15, 0.2) is 0 Å². The number of nitrogens with one attached hydrogen (secondary N) is 1. The Morgan fingerprint density at radius 3 is 2.88 bits per heavy atom. The monoisotopic (exact) mass is 247 g/mol. The van der Waals surface area contributed by atoms with Gasteiger partial charge in [0, 0.05) is 11.9 Å². The van der Waals surface area contributed by atoms with Crippen LogP contribution in [0.3, 0.4) is 0 Å². The number of rotatable bonds is 2. The van der Waals surface area contributed by atoms with Crippen LogP contribution >= 0.6 is 11.6 Å². The molecule has 2 aromatic rings. The first kappa shape index (κ1) is 11.4. The SMILES string of the molecule is N#Cc1cc(Nc2c(F)cccc2Cl)ccn1. The van der Waals surface area contributed by atoms with Crippen LogP contribution in [0.1, 0.15) is 5.69 Å². The largest absolute Gasteiger partial charge is 0.352 e. The van der Waals surface area contributed by atoms with Crippen molar-refractivity contribution in [2.45, 2.75) is 0 Å². The summed E-state index contributed by atoms with van der Waals surface area (Å²) < 4.78 is 13.5. The summed E-state index contributed by atoms with van der Waals surface area (Å²) in [5.41, 5.74) is 0.996. The molecule has 5 heteroatoms. The molecule has 0 saturated heterocycles.